The van der Waals surface area contributed by atoms with Gasteiger partial charge in [-0.05, 0) is 47.7 Å². The van der Waals surface area contributed by atoms with Gasteiger partial charge in [0.15, 0.2) is 0 Å². The minimum Gasteiger partial charge on any atom is -0.324 e. The molecule has 1 atom stereocenters. The number of nitrogens with two attached hydrogens (primary N) is 1. The quantitative estimate of drug-likeness (QED) is 0.842. The molecule has 0 aliphatic heterocycles. The van der Waals surface area contributed by atoms with Crippen LogP contribution < -0.4 is 5.73 Å². The van der Waals surface area contributed by atoms with Crippen LogP contribution in [-0.4, -0.2) is 0 Å². The number of benzene rings is 2. The number of rotatable bonds is 4. The minimum absolute atomic E-state index is 0.0857. The monoisotopic (exact) mass is 337 g/mol. The molecule has 0 aliphatic rings. The summed E-state index contributed by atoms with van der Waals surface area (Å²) in [7, 11) is 0. The van der Waals surface area contributed by atoms with Gasteiger partial charge in [0.25, 0.3) is 0 Å². The molecule has 2 N–H and O–H groups in total. The molecular weight excluding hydrogens is 322 g/mol. The Kier molecular flexibility index (Phi) is 5.03. The van der Waals surface area contributed by atoms with Crippen LogP contribution in [0.5, 0.6) is 0 Å². The van der Waals surface area contributed by atoms with Crippen molar-refractivity contribution in [1.29, 1.82) is 0 Å². The fraction of sp³-hybridized carbons (Fsp3) is 0.250. The van der Waals surface area contributed by atoms with E-state index in [0.29, 0.717) is 0 Å². The third-order valence-electron chi connectivity index (χ3n) is 3.24. The van der Waals surface area contributed by atoms with Gasteiger partial charge in [-0.2, -0.15) is 0 Å². The van der Waals surface area contributed by atoms with E-state index in [-0.39, 0.29) is 6.04 Å². The summed E-state index contributed by atoms with van der Waals surface area (Å²) in [5.41, 5.74) is 9.83. The molecule has 1 unspecified atom stereocenters. The average molecular weight is 339 g/mol. The molecule has 0 fully saturated rings. The smallest absolute Gasteiger partial charge is 0.0454 e. The summed E-state index contributed by atoms with van der Waals surface area (Å²) in [6, 6.07) is 14.3. The highest BCUT2D eigenvalue weighted by Gasteiger charge is 2.11. The van der Waals surface area contributed by atoms with E-state index in [1.807, 2.05) is 18.2 Å². The van der Waals surface area contributed by atoms with Crippen molar-refractivity contribution in [2.75, 3.05) is 0 Å². The van der Waals surface area contributed by atoms with Crippen molar-refractivity contribution < 1.29 is 0 Å². The molecule has 0 heterocycles. The maximum absolute atomic E-state index is 6.26. The van der Waals surface area contributed by atoms with Crippen LogP contribution in [0.4, 0.5) is 0 Å². The average Bonchev–Trinajstić information content (AvgIpc) is 2.42. The molecule has 2 rings (SSSR count). The van der Waals surface area contributed by atoms with Crippen LogP contribution in [0.2, 0.25) is 5.02 Å². The van der Waals surface area contributed by atoms with Crippen molar-refractivity contribution >= 4 is 27.5 Å². The second kappa shape index (κ2) is 6.56. The Morgan fingerprint density at radius 3 is 2.37 bits per heavy atom. The lowest BCUT2D eigenvalue weighted by molar-refractivity contribution is 0.721. The third kappa shape index (κ3) is 3.82. The van der Waals surface area contributed by atoms with Gasteiger partial charge in [-0.1, -0.05) is 58.7 Å². The first-order valence-corrected chi connectivity index (χ1v) is 7.55. The van der Waals surface area contributed by atoms with Gasteiger partial charge in [0, 0.05) is 15.5 Å². The summed E-state index contributed by atoms with van der Waals surface area (Å²) >= 11 is 9.66. The van der Waals surface area contributed by atoms with E-state index in [1.54, 1.807) is 0 Å². The Hall–Kier alpha value is -0.830. The van der Waals surface area contributed by atoms with Crippen LogP contribution in [0.1, 0.15) is 29.7 Å². The molecule has 100 valence electrons. The van der Waals surface area contributed by atoms with Crippen molar-refractivity contribution in [2.45, 2.75) is 25.8 Å². The fourth-order valence-corrected chi connectivity index (χ4v) is 2.71. The van der Waals surface area contributed by atoms with Crippen LogP contribution >= 0.6 is 27.5 Å². The van der Waals surface area contributed by atoms with Gasteiger partial charge in [0.05, 0.1) is 0 Å². The zero-order valence-electron chi connectivity index (χ0n) is 10.9. The Morgan fingerprint density at radius 2 is 1.74 bits per heavy atom. The lowest BCUT2D eigenvalue weighted by Gasteiger charge is -2.14. The molecule has 0 saturated carbocycles. The highest BCUT2D eigenvalue weighted by atomic mass is 79.9. The van der Waals surface area contributed by atoms with Gasteiger partial charge >= 0.3 is 0 Å². The van der Waals surface area contributed by atoms with Gasteiger partial charge < -0.3 is 5.73 Å². The number of hydrogen-bond donors (Lipinski definition) is 1. The Morgan fingerprint density at radius 1 is 1.11 bits per heavy atom. The SMILES string of the molecule is CCc1ccc(CC(N)c2cc(Br)ccc2Cl)cc1. The molecule has 2 aromatic rings. The normalized spacial score (nSPS) is 12.4. The second-order valence-corrected chi connectivity index (χ2v) is 5.97. The first-order chi connectivity index (χ1) is 9.10. The van der Waals surface area contributed by atoms with Gasteiger partial charge in [-0.25, -0.2) is 0 Å². The summed E-state index contributed by atoms with van der Waals surface area (Å²) in [4.78, 5) is 0. The molecule has 19 heavy (non-hydrogen) atoms. The predicted octanol–water partition coefficient (Wildman–Crippen LogP) is 4.91. The zero-order valence-corrected chi connectivity index (χ0v) is 13.2. The van der Waals surface area contributed by atoms with Crippen molar-refractivity contribution in [3.63, 3.8) is 0 Å². The van der Waals surface area contributed by atoms with Crippen molar-refractivity contribution in [3.05, 3.63) is 68.7 Å². The maximum Gasteiger partial charge on any atom is 0.0454 e. The fourth-order valence-electron chi connectivity index (χ4n) is 2.07. The zero-order chi connectivity index (χ0) is 13.8. The number of hydrogen-bond acceptors (Lipinski definition) is 1. The van der Waals surface area contributed by atoms with Gasteiger partial charge in [-0.3, -0.25) is 0 Å². The lowest BCUT2D eigenvalue weighted by Crippen LogP contribution is -2.14. The van der Waals surface area contributed by atoms with E-state index < -0.39 is 0 Å². The summed E-state index contributed by atoms with van der Waals surface area (Å²) < 4.78 is 1.00. The van der Waals surface area contributed by atoms with Gasteiger partial charge in [-0.15, -0.1) is 0 Å². The first kappa shape index (κ1) is 14.6. The largest absolute Gasteiger partial charge is 0.324 e. The Bertz CT molecular complexity index is 551. The molecule has 0 bridgehead atoms. The molecule has 0 spiro atoms. The summed E-state index contributed by atoms with van der Waals surface area (Å²) in [5.74, 6) is 0. The molecule has 2 aromatic carbocycles. The first-order valence-electron chi connectivity index (χ1n) is 6.38. The molecule has 0 aromatic heterocycles. The van der Waals surface area contributed by atoms with Crippen LogP contribution in [0.25, 0.3) is 0 Å². The summed E-state index contributed by atoms with van der Waals surface area (Å²) in [5, 5.41) is 0.723. The van der Waals surface area contributed by atoms with Crippen LogP contribution in [0.3, 0.4) is 0 Å². The predicted molar refractivity (Wildman–Crippen MR) is 85.6 cm³/mol. The van der Waals surface area contributed by atoms with E-state index in [1.165, 1.54) is 11.1 Å². The molecule has 3 heteroatoms. The van der Waals surface area contributed by atoms with Crippen molar-refractivity contribution in [1.82, 2.24) is 0 Å². The molecule has 0 saturated heterocycles. The van der Waals surface area contributed by atoms with Crippen LogP contribution in [0, 0.1) is 0 Å². The molecule has 0 aliphatic carbocycles. The standard InChI is InChI=1S/C16H17BrClN/c1-2-11-3-5-12(6-4-11)9-16(19)14-10-13(17)7-8-15(14)18/h3-8,10,16H,2,9,19H2,1H3. The molecular formula is C16H17BrClN. The molecule has 0 amide bonds. The maximum atomic E-state index is 6.26. The summed E-state index contributed by atoms with van der Waals surface area (Å²) in [6.45, 7) is 2.15. The third-order valence-corrected chi connectivity index (χ3v) is 4.08. The molecule has 1 nitrogen and oxygen atoms in total. The highest BCUT2D eigenvalue weighted by molar-refractivity contribution is 9.10. The summed E-state index contributed by atoms with van der Waals surface area (Å²) in [6.07, 6.45) is 1.85. The van der Waals surface area contributed by atoms with E-state index in [0.717, 1.165) is 27.9 Å². The van der Waals surface area contributed by atoms with Crippen LogP contribution in [-0.2, 0) is 12.8 Å². The van der Waals surface area contributed by atoms with Crippen molar-refractivity contribution in [3.8, 4) is 0 Å². The number of halogens is 2. The lowest BCUT2D eigenvalue weighted by atomic mass is 9.98. The van der Waals surface area contributed by atoms with E-state index in [9.17, 15) is 0 Å². The topological polar surface area (TPSA) is 26.0 Å². The molecule has 0 radical (unpaired) electrons. The number of aryl methyl sites for hydroxylation is 1. The van der Waals surface area contributed by atoms with Crippen molar-refractivity contribution in [2.24, 2.45) is 5.73 Å². The van der Waals surface area contributed by atoms with E-state index in [2.05, 4.69) is 47.1 Å². The van der Waals surface area contributed by atoms with Gasteiger partial charge in [0.2, 0.25) is 0 Å². The highest BCUT2D eigenvalue weighted by Crippen LogP contribution is 2.27. The van der Waals surface area contributed by atoms with Crippen LogP contribution in [0.15, 0.2) is 46.9 Å². The Labute approximate surface area is 127 Å². The van der Waals surface area contributed by atoms with E-state index in [4.69, 9.17) is 17.3 Å². The van der Waals surface area contributed by atoms with Gasteiger partial charge in [0.1, 0.15) is 0 Å². The second-order valence-electron chi connectivity index (χ2n) is 4.65. The van der Waals surface area contributed by atoms with E-state index >= 15 is 0 Å². The minimum atomic E-state index is -0.0857. The Balaban J connectivity index is 2.15.